The van der Waals surface area contributed by atoms with Crippen LogP contribution in [-0.4, -0.2) is 35.7 Å². The molecule has 1 aromatic rings. The molecule has 0 aromatic heterocycles. The largest absolute Gasteiger partial charge is 0.471 e. The lowest BCUT2D eigenvalue weighted by molar-refractivity contribution is -0.445. The van der Waals surface area contributed by atoms with Gasteiger partial charge in [0.05, 0.1) is 6.07 Å². The third kappa shape index (κ3) is 4.01. The predicted molar refractivity (Wildman–Crippen MR) is 77.1 cm³/mol. The number of benzene rings is 1. The summed E-state index contributed by atoms with van der Waals surface area (Å²) in [6.07, 6.45) is -4.54. The number of hydrogen-bond acceptors (Lipinski definition) is 2. The highest BCUT2D eigenvalue weighted by molar-refractivity contribution is 5.52. The molecule has 0 N–H and O–H groups in total. The molecule has 0 amide bonds. The third-order valence-electron chi connectivity index (χ3n) is 3.58. The molecular weight excluding hydrogens is 450 g/mol. The van der Waals surface area contributed by atoms with Crippen molar-refractivity contribution in [2.24, 2.45) is 0 Å². The summed E-state index contributed by atoms with van der Waals surface area (Å²) in [7, 11) is 0. The molecule has 0 saturated heterocycles. The number of hydrogen-bond donors (Lipinski definition) is 0. The molecule has 0 heterocycles. The molecular formula is C16H9F12NO. The Morgan fingerprint density at radius 2 is 1.17 bits per heavy atom. The highest BCUT2D eigenvalue weighted by Gasteiger charge is 2.90. The number of nitriles is 1. The summed E-state index contributed by atoms with van der Waals surface area (Å²) < 4.78 is 163. The molecule has 0 atom stereocenters. The van der Waals surface area contributed by atoms with Crippen molar-refractivity contribution in [3.63, 3.8) is 0 Å². The van der Waals surface area contributed by atoms with E-state index in [-0.39, 0.29) is 5.56 Å². The Kier molecular flexibility index (Phi) is 6.43. The van der Waals surface area contributed by atoms with Gasteiger partial charge in [0.2, 0.25) is 0 Å². The third-order valence-corrected chi connectivity index (χ3v) is 3.58. The van der Waals surface area contributed by atoms with Crippen molar-refractivity contribution >= 4 is 6.08 Å². The normalized spacial score (nSPS) is 14.7. The summed E-state index contributed by atoms with van der Waals surface area (Å²) in [6.45, 7) is -0.980. The Bertz CT molecular complexity index is 818. The van der Waals surface area contributed by atoms with Crippen LogP contribution in [0.3, 0.4) is 0 Å². The van der Waals surface area contributed by atoms with E-state index in [0.717, 1.165) is 24.3 Å². The van der Waals surface area contributed by atoms with E-state index in [1.54, 1.807) is 6.07 Å². The van der Waals surface area contributed by atoms with Crippen molar-refractivity contribution in [2.75, 3.05) is 0 Å². The van der Waals surface area contributed by atoms with Crippen LogP contribution >= 0.6 is 0 Å². The van der Waals surface area contributed by atoms with Gasteiger partial charge in [0, 0.05) is 13.0 Å². The maximum absolute atomic E-state index is 13.6. The summed E-state index contributed by atoms with van der Waals surface area (Å²) in [6, 6.07) is 4.21. The molecule has 0 radical (unpaired) electrons. The van der Waals surface area contributed by atoms with Crippen molar-refractivity contribution in [1.29, 1.82) is 5.26 Å². The Balaban J connectivity index is 3.32. The van der Waals surface area contributed by atoms with E-state index in [1.807, 2.05) is 0 Å². The van der Waals surface area contributed by atoms with Gasteiger partial charge in [0.25, 0.3) is 0 Å². The lowest BCUT2D eigenvalue weighted by atomic mass is 9.94. The molecule has 30 heavy (non-hydrogen) atoms. The molecule has 1 rings (SSSR count). The number of nitrogens with zero attached hydrogens (tertiary/aromatic N) is 1. The molecule has 0 unspecified atom stereocenters. The minimum atomic E-state index is -7.68. The zero-order valence-corrected chi connectivity index (χ0v) is 14.4. The highest BCUT2D eigenvalue weighted by Crippen LogP contribution is 2.59. The summed E-state index contributed by atoms with van der Waals surface area (Å²) in [4.78, 5) is 0. The van der Waals surface area contributed by atoms with Crippen LogP contribution in [0.4, 0.5) is 52.7 Å². The Morgan fingerprint density at radius 3 is 1.57 bits per heavy atom. The Hall–Kier alpha value is -2.59. The first-order chi connectivity index (χ1) is 13.3. The van der Waals surface area contributed by atoms with E-state index < -0.39 is 48.4 Å². The lowest BCUT2D eigenvalue weighted by Gasteiger charge is -2.40. The molecule has 0 aliphatic rings. The van der Waals surface area contributed by atoms with Gasteiger partial charge in [-0.3, -0.25) is 0 Å². The second kappa shape index (κ2) is 7.59. The van der Waals surface area contributed by atoms with Crippen LogP contribution < -0.4 is 4.74 Å². The van der Waals surface area contributed by atoms with Gasteiger partial charge >= 0.3 is 35.7 Å². The van der Waals surface area contributed by atoms with Gasteiger partial charge in [-0.1, -0.05) is 12.1 Å². The van der Waals surface area contributed by atoms with E-state index in [1.165, 1.54) is 0 Å². The maximum atomic E-state index is 13.6. The molecule has 0 bridgehead atoms. The van der Waals surface area contributed by atoms with Crippen molar-refractivity contribution in [1.82, 2.24) is 0 Å². The first-order valence-corrected chi connectivity index (χ1v) is 7.38. The van der Waals surface area contributed by atoms with E-state index >= 15 is 0 Å². The summed E-state index contributed by atoms with van der Waals surface area (Å²) >= 11 is 0. The lowest BCUT2D eigenvalue weighted by Crippen LogP contribution is -2.71. The standard InChI is InChI=1S/C16H9F12NO/c1-11(17,18)12(19,20)13(21,22)14(23,24)15(25,26)16(27,28)30-10-6-4-9(5-7-10)3-2-8-29/h2-7H,1H3. The second-order valence-electron chi connectivity index (χ2n) is 5.84. The summed E-state index contributed by atoms with van der Waals surface area (Å²) in [5.41, 5.74) is 0.112. The smallest absolute Gasteiger partial charge is 0.428 e. The molecule has 0 aliphatic heterocycles. The van der Waals surface area contributed by atoms with Gasteiger partial charge in [0.15, 0.2) is 0 Å². The Morgan fingerprint density at radius 1 is 0.733 bits per heavy atom. The maximum Gasteiger partial charge on any atom is 0.471 e. The van der Waals surface area contributed by atoms with Gasteiger partial charge < -0.3 is 4.74 Å². The number of ether oxygens (including phenoxy) is 1. The number of rotatable bonds is 8. The van der Waals surface area contributed by atoms with Crippen LogP contribution in [0, 0.1) is 11.3 Å². The molecule has 1 aromatic carbocycles. The van der Waals surface area contributed by atoms with Crippen molar-refractivity contribution in [3.05, 3.63) is 35.9 Å². The number of halogens is 12. The molecule has 168 valence electrons. The molecule has 0 saturated carbocycles. The molecule has 0 fully saturated rings. The van der Waals surface area contributed by atoms with Crippen LogP contribution in [-0.2, 0) is 0 Å². The quantitative estimate of drug-likeness (QED) is 0.334. The predicted octanol–water partition coefficient (Wildman–Crippen LogP) is 6.39. The van der Waals surface area contributed by atoms with E-state index in [0.29, 0.717) is 12.1 Å². The van der Waals surface area contributed by atoms with Crippen LogP contribution in [0.15, 0.2) is 30.3 Å². The average Bonchev–Trinajstić information content (AvgIpc) is 2.59. The van der Waals surface area contributed by atoms with Crippen molar-refractivity contribution in [2.45, 2.75) is 42.6 Å². The number of alkyl halides is 12. The van der Waals surface area contributed by atoms with Crippen LogP contribution in [0.5, 0.6) is 5.75 Å². The average molecular weight is 459 g/mol. The topological polar surface area (TPSA) is 33.0 Å². The van der Waals surface area contributed by atoms with Crippen molar-refractivity contribution in [3.8, 4) is 11.8 Å². The van der Waals surface area contributed by atoms with Crippen LogP contribution in [0.2, 0.25) is 0 Å². The minimum Gasteiger partial charge on any atom is -0.428 e. The number of allylic oxidation sites excluding steroid dienone is 1. The van der Waals surface area contributed by atoms with Gasteiger partial charge in [-0.25, -0.2) is 0 Å². The van der Waals surface area contributed by atoms with Gasteiger partial charge in [-0.05, 0) is 23.8 Å². The van der Waals surface area contributed by atoms with Gasteiger partial charge in [0.1, 0.15) is 5.75 Å². The van der Waals surface area contributed by atoms with E-state index in [4.69, 9.17) is 5.26 Å². The zero-order chi connectivity index (χ0) is 23.8. The SMILES string of the molecule is CC(F)(F)C(F)(F)C(F)(F)C(F)(F)C(F)(F)C(F)(F)Oc1ccc(C=CC#N)cc1. The van der Waals surface area contributed by atoms with E-state index in [9.17, 15) is 52.7 Å². The van der Waals surface area contributed by atoms with Crippen LogP contribution in [0.25, 0.3) is 6.08 Å². The first-order valence-electron chi connectivity index (χ1n) is 7.38. The van der Waals surface area contributed by atoms with Gasteiger partial charge in [-0.15, -0.1) is 0 Å². The monoisotopic (exact) mass is 459 g/mol. The molecule has 2 nitrogen and oxygen atoms in total. The highest BCUT2D eigenvalue weighted by atomic mass is 19.4. The second-order valence-corrected chi connectivity index (χ2v) is 5.84. The Labute approximate surface area is 160 Å². The first kappa shape index (κ1) is 25.4. The fourth-order valence-corrected chi connectivity index (χ4v) is 1.85. The molecule has 0 aliphatic carbocycles. The van der Waals surface area contributed by atoms with Gasteiger partial charge in [-0.2, -0.15) is 57.9 Å². The zero-order valence-electron chi connectivity index (χ0n) is 14.4. The fraction of sp³-hybridized carbons (Fsp3) is 0.438. The van der Waals surface area contributed by atoms with E-state index in [2.05, 4.69) is 4.74 Å². The summed E-state index contributed by atoms with van der Waals surface area (Å²) in [5, 5.41) is 8.30. The molecule has 0 spiro atoms. The summed E-state index contributed by atoms with van der Waals surface area (Å²) in [5.74, 6) is -37.0. The minimum absolute atomic E-state index is 0.112. The van der Waals surface area contributed by atoms with Crippen molar-refractivity contribution < 1.29 is 57.4 Å². The molecule has 14 heteroatoms. The fourth-order valence-electron chi connectivity index (χ4n) is 1.85. The van der Waals surface area contributed by atoms with Crippen LogP contribution in [0.1, 0.15) is 12.5 Å².